The van der Waals surface area contributed by atoms with Crippen LogP contribution in [0.5, 0.6) is 0 Å². The summed E-state index contributed by atoms with van der Waals surface area (Å²) in [6, 6.07) is 6.04. The summed E-state index contributed by atoms with van der Waals surface area (Å²) in [5, 5.41) is 5.05. The molecule has 7 heteroatoms. The predicted octanol–water partition coefficient (Wildman–Crippen LogP) is 1.58. The van der Waals surface area contributed by atoms with Crippen molar-refractivity contribution in [3.63, 3.8) is 0 Å². The lowest BCUT2D eigenvalue weighted by molar-refractivity contribution is -0.118. The molecular weight excluding hydrogens is 296 g/mol. The van der Waals surface area contributed by atoms with E-state index in [0.717, 1.165) is 18.6 Å². The number of nitrogens with zero attached hydrogens (tertiary/aromatic N) is 1. The van der Waals surface area contributed by atoms with Crippen LogP contribution in [0.3, 0.4) is 0 Å². The van der Waals surface area contributed by atoms with Crippen molar-refractivity contribution in [3.8, 4) is 0 Å². The number of anilines is 1. The first kappa shape index (κ1) is 15.3. The van der Waals surface area contributed by atoms with Crippen LogP contribution in [0.25, 0.3) is 0 Å². The summed E-state index contributed by atoms with van der Waals surface area (Å²) in [6.45, 7) is 0. The highest BCUT2D eigenvalue weighted by Crippen LogP contribution is 2.28. The molecule has 5 nitrogen and oxygen atoms in total. The van der Waals surface area contributed by atoms with Crippen LogP contribution in [-0.4, -0.2) is 32.4 Å². The normalized spacial score (nSPS) is 19.6. The van der Waals surface area contributed by atoms with Crippen LogP contribution in [0.15, 0.2) is 29.2 Å². The zero-order chi connectivity index (χ0) is 14.8. The molecule has 0 aliphatic carbocycles. The Labute approximate surface area is 123 Å². The van der Waals surface area contributed by atoms with Crippen LogP contribution < -0.4 is 10.0 Å². The van der Waals surface area contributed by atoms with E-state index >= 15 is 0 Å². The molecule has 2 rings (SSSR count). The van der Waals surface area contributed by atoms with E-state index in [1.165, 1.54) is 18.6 Å². The zero-order valence-corrected chi connectivity index (χ0v) is 12.9. The lowest BCUT2D eigenvalue weighted by Gasteiger charge is -2.26. The molecular formula is C13H18N2O3S2. The van der Waals surface area contributed by atoms with Crippen LogP contribution in [-0.2, 0) is 14.8 Å². The highest BCUT2D eigenvalue weighted by molar-refractivity contribution is 8.00. The summed E-state index contributed by atoms with van der Waals surface area (Å²) in [6.07, 6.45) is 3.16. The molecule has 1 unspecified atom stereocenters. The van der Waals surface area contributed by atoms with Gasteiger partial charge in [0.2, 0.25) is 15.9 Å². The molecule has 20 heavy (non-hydrogen) atoms. The fourth-order valence-electron chi connectivity index (χ4n) is 2.14. The quantitative estimate of drug-likeness (QED) is 0.918. The lowest BCUT2D eigenvalue weighted by Crippen LogP contribution is -2.36. The number of nitrogens with two attached hydrogens (primary N) is 1. The number of hydrogen-bond acceptors (Lipinski definition) is 4. The van der Waals surface area contributed by atoms with Gasteiger partial charge >= 0.3 is 0 Å². The fourth-order valence-corrected chi connectivity index (χ4v) is 3.94. The van der Waals surface area contributed by atoms with E-state index in [1.54, 1.807) is 35.8 Å². The molecule has 1 aliphatic heterocycles. The number of benzene rings is 1. The molecule has 1 aliphatic rings. The second-order valence-corrected chi connectivity index (χ2v) is 7.66. The molecule has 0 spiro atoms. The van der Waals surface area contributed by atoms with E-state index < -0.39 is 10.0 Å². The maximum atomic E-state index is 12.3. The Bertz CT molecular complexity index is 578. The number of amides is 1. The highest BCUT2D eigenvalue weighted by Gasteiger charge is 2.25. The zero-order valence-electron chi connectivity index (χ0n) is 11.3. The molecule has 0 bridgehead atoms. The second kappa shape index (κ2) is 6.15. The molecule has 110 valence electrons. The maximum Gasteiger partial charge on any atom is 0.239 e. The van der Waals surface area contributed by atoms with Crippen molar-refractivity contribution in [2.75, 3.05) is 17.7 Å². The molecule has 1 amide bonds. The molecule has 1 fully saturated rings. The molecule has 1 aromatic carbocycles. The lowest BCUT2D eigenvalue weighted by atomic mass is 10.1. The molecule has 2 N–H and O–H groups in total. The Balaban J connectivity index is 2.12. The van der Waals surface area contributed by atoms with E-state index in [2.05, 4.69) is 0 Å². The van der Waals surface area contributed by atoms with Crippen molar-refractivity contribution in [1.82, 2.24) is 0 Å². The van der Waals surface area contributed by atoms with Gasteiger partial charge in [0.15, 0.2) is 0 Å². The largest absolute Gasteiger partial charge is 0.315 e. The number of carbonyl (C=O) groups is 1. The topological polar surface area (TPSA) is 80.5 Å². The molecule has 0 radical (unpaired) electrons. The fraction of sp³-hybridized carbons (Fsp3) is 0.462. The van der Waals surface area contributed by atoms with Gasteiger partial charge in [0.25, 0.3) is 0 Å². The van der Waals surface area contributed by atoms with Crippen LogP contribution in [0, 0.1) is 0 Å². The molecule has 1 atom stereocenters. The minimum atomic E-state index is -3.69. The van der Waals surface area contributed by atoms with Crippen molar-refractivity contribution in [3.05, 3.63) is 24.3 Å². The van der Waals surface area contributed by atoms with Crippen LogP contribution in [0.2, 0.25) is 0 Å². The van der Waals surface area contributed by atoms with E-state index in [1.807, 2.05) is 0 Å². The second-order valence-electron chi connectivity index (χ2n) is 4.79. The molecule has 0 aromatic heterocycles. The van der Waals surface area contributed by atoms with Gasteiger partial charge in [-0.3, -0.25) is 4.79 Å². The van der Waals surface area contributed by atoms with Crippen molar-refractivity contribution in [2.45, 2.75) is 29.4 Å². The van der Waals surface area contributed by atoms with Gasteiger partial charge in [0.1, 0.15) is 0 Å². The average molecular weight is 314 g/mol. The van der Waals surface area contributed by atoms with Gasteiger partial charge in [0, 0.05) is 12.7 Å². The first-order valence-corrected chi connectivity index (χ1v) is 9.01. The Hall–Kier alpha value is -1.05. The van der Waals surface area contributed by atoms with Crippen molar-refractivity contribution in [1.29, 1.82) is 0 Å². The Kier molecular flexibility index (Phi) is 4.72. The minimum absolute atomic E-state index is 0.00617. The minimum Gasteiger partial charge on any atom is -0.315 e. The number of thioether (sulfide) groups is 1. The number of carbonyl (C=O) groups excluding carboxylic acids is 1. The van der Waals surface area contributed by atoms with Crippen LogP contribution >= 0.6 is 11.8 Å². The number of hydrogen-bond donors (Lipinski definition) is 1. The molecule has 1 saturated heterocycles. The smallest absolute Gasteiger partial charge is 0.239 e. The SMILES string of the molecule is CN(C(=O)C1CCCCS1)c1ccc(S(N)(=O)=O)cc1. The number of rotatable bonds is 3. The summed E-state index contributed by atoms with van der Waals surface area (Å²) in [7, 11) is -1.98. The van der Waals surface area contributed by atoms with E-state index in [4.69, 9.17) is 5.14 Å². The number of sulfonamides is 1. The van der Waals surface area contributed by atoms with Gasteiger partial charge in [-0.15, -0.1) is 11.8 Å². The van der Waals surface area contributed by atoms with Gasteiger partial charge in [-0.05, 0) is 42.9 Å². The van der Waals surface area contributed by atoms with Gasteiger partial charge in [-0.2, -0.15) is 0 Å². The highest BCUT2D eigenvalue weighted by atomic mass is 32.2. The van der Waals surface area contributed by atoms with Gasteiger partial charge in [-0.1, -0.05) is 6.42 Å². The van der Waals surface area contributed by atoms with Crippen molar-refractivity contribution in [2.24, 2.45) is 5.14 Å². The average Bonchev–Trinajstić information content (AvgIpc) is 2.46. The van der Waals surface area contributed by atoms with Gasteiger partial charge < -0.3 is 4.90 Å². The molecule has 1 heterocycles. The summed E-state index contributed by atoms with van der Waals surface area (Å²) in [5.74, 6) is 1.09. The van der Waals surface area contributed by atoms with E-state index in [0.29, 0.717) is 5.69 Å². The van der Waals surface area contributed by atoms with Gasteiger partial charge in [-0.25, -0.2) is 13.6 Å². The summed E-state index contributed by atoms with van der Waals surface area (Å²) in [4.78, 5) is 14.0. The molecule has 0 saturated carbocycles. The summed E-state index contributed by atoms with van der Waals surface area (Å²) in [5.41, 5.74) is 0.675. The van der Waals surface area contributed by atoms with Crippen LogP contribution in [0.1, 0.15) is 19.3 Å². The van der Waals surface area contributed by atoms with Crippen molar-refractivity contribution >= 4 is 33.4 Å². The Morgan fingerprint density at radius 3 is 2.45 bits per heavy atom. The third-order valence-corrected chi connectivity index (χ3v) is 5.63. The van der Waals surface area contributed by atoms with Crippen LogP contribution in [0.4, 0.5) is 5.69 Å². The Morgan fingerprint density at radius 2 is 1.95 bits per heavy atom. The van der Waals surface area contributed by atoms with E-state index in [9.17, 15) is 13.2 Å². The summed E-state index contributed by atoms with van der Waals surface area (Å²) >= 11 is 1.69. The third-order valence-electron chi connectivity index (χ3n) is 3.34. The monoisotopic (exact) mass is 314 g/mol. The van der Waals surface area contributed by atoms with Crippen molar-refractivity contribution < 1.29 is 13.2 Å². The van der Waals surface area contributed by atoms with E-state index in [-0.39, 0.29) is 16.1 Å². The summed E-state index contributed by atoms with van der Waals surface area (Å²) < 4.78 is 22.4. The Morgan fingerprint density at radius 1 is 1.30 bits per heavy atom. The first-order valence-electron chi connectivity index (χ1n) is 6.41. The third kappa shape index (κ3) is 3.53. The number of primary sulfonamides is 1. The maximum absolute atomic E-state index is 12.3. The first-order chi connectivity index (χ1) is 9.39. The standard InChI is InChI=1S/C13H18N2O3S2/c1-15(13(16)12-4-2-3-9-19-12)10-5-7-11(8-6-10)20(14,17)18/h5-8,12H,2-4,9H2,1H3,(H2,14,17,18). The molecule has 1 aromatic rings. The van der Waals surface area contributed by atoms with Gasteiger partial charge in [0.05, 0.1) is 10.1 Å². The predicted molar refractivity (Wildman–Crippen MR) is 81.3 cm³/mol.